The standard InChI is InChI=1S/C11H17NO4/c1-2-15-10(14)12-5-3-11(4-6-12)7-9(13)8-16-11/h2-8H2,1H3. The Bertz CT molecular complexity index is 294. The summed E-state index contributed by atoms with van der Waals surface area (Å²) in [6, 6.07) is 0. The van der Waals surface area contributed by atoms with Crippen molar-refractivity contribution in [2.75, 3.05) is 26.3 Å². The number of nitrogens with zero attached hydrogens (tertiary/aromatic N) is 1. The zero-order chi connectivity index (χ0) is 11.6. The molecule has 5 nitrogen and oxygen atoms in total. The predicted octanol–water partition coefficient (Wildman–Crippen LogP) is 0.967. The minimum Gasteiger partial charge on any atom is -0.450 e. The Kier molecular flexibility index (Phi) is 3.14. The van der Waals surface area contributed by atoms with Gasteiger partial charge in [0.15, 0.2) is 5.78 Å². The van der Waals surface area contributed by atoms with Crippen LogP contribution in [0.15, 0.2) is 0 Å². The summed E-state index contributed by atoms with van der Waals surface area (Å²) in [6.45, 7) is 3.66. The number of amides is 1. The van der Waals surface area contributed by atoms with E-state index in [2.05, 4.69) is 0 Å². The molecule has 90 valence electrons. The number of Topliss-reactive ketones (excluding diaryl/α,β-unsaturated/α-hetero) is 1. The monoisotopic (exact) mass is 227 g/mol. The van der Waals surface area contributed by atoms with Gasteiger partial charge >= 0.3 is 6.09 Å². The molecule has 0 aromatic rings. The minimum absolute atomic E-state index is 0.171. The van der Waals surface area contributed by atoms with Gasteiger partial charge in [-0.3, -0.25) is 4.79 Å². The molecular formula is C11H17NO4. The average molecular weight is 227 g/mol. The van der Waals surface area contributed by atoms with Crippen molar-refractivity contribution >= 4 is 11.9 Å². The highest BCUT2D eigenvalue weighted by Crippen LogP contribution is 2.34. The van der Waals surface area contributed by atoms with Crippen LogP contribution in [-0.4, -0.2) is 48.7 Å². The molecule has 2 saturated heterocycles. The fourth-order valence-electron chi connectivity index (χ4n) is 2.33. The second kappa shape index (κ2) is 4.41. The first kappa shape index (κ1) is 11.4. The van der Waals surface area contributed by atoms with Crippen molar-refractivity contribution in [2.24, 2.45) is 0 Å². The molecule has 0 aliphatic carbocycles. The molecule has 2 rings (SSSR count). The molecule has 2 fully saturated rings. The molecule has 2 heterocycles. The van der Waals surface area contributed by atoms with Gasteiger partial charge in [0.2, 0.25) is 0 Å². The van der Waals surface area contributed by atoms with Gasteiger partial charge in [0.05, 0.1) is 12.2 Å². The van der Waals surface area contributed by atoms with Crippen LogP contribution in [0, 0.1) is 0 Å². The SMILES string of the molecule is CCOC(=O)N1CCC2(CC1)CC(=O)CO2. The molecule has 0 unspecified atom stereocenters. The average Bonchev–Trinajstić information content (AvgIpc) is 2.61. The molecule has 0 saturated carbocycles. The molecule has 0 aromatic heterocycles. The third-order valence-corrected chi connectivity index (χ3v) is 3.26. The lowest BCUT2D eigenvalue weighted by Crippen LogP contribution is -2.46. The number of ketones is 1. The number of rotatable bonds is 1. The fourth-order valence-corrected chi connectivity index (χ4v) is 2.33. The Morgan fingerprint density at radius 3 is 2.69 bits per heavy atom. The number of ether oxygens (including phenoxy) is 2. The quantitative estimate of drug-likeness (QED) is 0.669. The smallest absolute Gasteiger partial charge is 0.409 e. The number of carbonyl (C=O) groups excluding carboxylic acids is 2. The Labute approximate surface area is 94.7 Å². The molecule has 1 spiro atoms. The van der Waals surface area contributed by atoms with E-state index in [0.29, 0.717) is 26.1 Å². The molecule has 0 aromatic carbocycles. The first-order valence-electron chi connectivity index (χ1n) is 5.72. The third kappa shape index (κ3) is 2.19. The molecule has 2 aliphatic rings. The minimum atomic E-state index is -0.292. The summed E-state index contributed by atoms with van der Waals surface area (Å²) in [5.41, 5.74) is -0.292. The van der Waals surface area contributed by atoms with Crippen molar-refractivity contribution in [1.29, 1.82) is 0 Å². The van der Waals surface area contributed by atoms with E-state index in [-0.39, 0.29) is 24.1 Å². The topological polar surface area (TPSA) is 55.8 Å². The molecule has 2 aliphatic heterocycles. The maximum atomic E-state index is 11.5. The number of hydrogen-bond donors (Lipinski definition) is 0. The largest absolute Gasteiger partial charge is 0.450 e. The third-order valence-electron chi connectivity index (χ3n) is 3.26. The normalized spacial score (nSPS) is 23.8. The summed E-state index contributed by atoms with van der Waals surface area (Å²) < 4.78 is 10.5. The van der Waals surface area contributed by atoms with Gasteiger partial charge in [-0.2, -0.15) is 0 Å². The van der Waals surface area contributed by atoms with Crippen LogP contribution in [-0.2, 0) is 14.3 Å². The van der Waals surface area contributed by atoms with Gasteiger partial charge in [-0.1, -0.05) is 0 Å². The van der Waals surface area contributed by atoms with Gasteiger partial charge in [0, 0.05) is 19.5 Å². The van der Waals surface area contributed by atoms with E-state index in [0.717, 1.165) is 12.8 Å². The molecule has 0 N–H and O–H groups in total. The lowest BCUT2D eigenvalue weighted by molar-refractivity contribution is -0.117. The van der Waals surface area contributed by atoms with Crippen LogP contribution < -0.4 is 0 Å². The summed E-state index contributed by atoms with van der Waals surface area (Å²) in [5.74, 6) is 0.171. The van der Waals surface area contributed by atoms with Crippen LogP contribution in [0.2, 0.25) is 0 Å². The van der Waals surface area contributed by atoms with Crippen LogP contribution in [0.1, 0.15) is 26.2 Å². The highest BCUT2D eigenvalue weighted by atomic mass is 16.6. The van der Waals surface area contributed by atoms with Crippen LogP contribution in [0.4, 0.5) is 4.79 Å². The molecular weight excluding hydrogens is 210 g/mol. The lowest BCUT2D eigenvalue weighted by Gasteiger charge is -2.37. The van der Waals surface area contributed by atoms with Crippen molar-refractivity contribution < 1.29 is 19.1 Å². The van der Waals surface area contributed by atoms with Gasteiger partial charge in [0.1, 0.15) is 6.61 Å². The van der Waals surface area contributed by atoms with Crippen molar-refractivity contribution in [3.8, 4) is 0 Å². The molecule has 0 atom stereocenters. The van der Waals surface area contributed by atoms with Crippen molar-refractivity contribution in [3.05, 3.63) is 0 Å². The van der Waals surface area contributed by atoms with Gasteiger partial charge in [-0.05, 0) is 19.8 Å². The Balaban J connectivity index is 1.87. The Morgan fingerprint density at radius 1 is 1.50 bits per heavy atom. The highest BCUT2D eigenvalue weighted by Gasteiger charge is 2.43. The zero-order valence-corrected chi connectivity index (χ0v) is 9.53. The van der Waals surface area contributed by atoms with Gasteiger partial charge in [-0.25, -0.2) is 4.79 Å². The molecule has 16 heavy (non-hydrogen) atoms. The molecule has 0 bridgehead atoms. The first-order chi connectivity index (χ1) is 7.65. The number of carbonyl (C=O) groups is 2. The molecule has 5 heteroatoms. The van der Waals surface area contributed by atoms with Gasteiger partial charge in [-0.15, -0.1) is 0 Å². The van der Waals surface area contributed by atoms with E-state index in [9.17, 15) is 9.59 Å². The zero-order valence-electron chi connectivity index (χ0n) is 9.53. The van der Waals surface area contributed by atoms with E-state index in [1.165, 1.54) is 0 Å². The van der Waals surface area contributed by atoms with Gasteiger partial charge in [0.25, 0.3) is 0 Å². The van der Waals surface area contributed by atoms with E-state index < -0.39 is 0 Å². The Morgan fingerprint density at radius 2 is 2.19 bits per heavy atom. The van der Waals surface area contributed by atoms with Crippen LogP contribution in [0.25, 0.3) is 0 Å². The van der Waals surface area contributed by atoms with Gasteiger partial charge < -0.3 is 14.4 Å². The first-order valence-corrected chi connectivity index (χ1v) is 5.72. The summed E-state index contributed by atoms with van der Waals surface area (Å²) in [7, 11) is 0. The maximum absolute atomic E-state index is 11.5. The second-order valence-corrected chi connectivity index (χ2v) is 4.37. The Hall–Kier alpha value is -1.10. The lowest BCUT2D eigenvalue weighted by atomic mass is 9.88. The summed E-state index contributed by atoms with van der Waals surface area (Å²) >= 11 is 0. The van der Waals surface area contributed by atoms with Crippen molar-refractivity contribution in [3.63, 3.8) is 0 Å². The number of hydrogen-bond acceptors (Lipinski definition) is 4. The number of likely N-dealkylation sites (tertiary alicyclic amines) is 1. The van der Waals surface area contributed by atoms with Crippen LogP contribution in [0.5, 0.6) is 0 Å². The summed E-state index contributed by atoms with van der Waals surface area (Å²) in [5, 5.41) is 0. The number of piperidine rings is 1. The van der Waals surface area contributed by atoms with E-state index in [1.807, 2.05) is 0 Å². The van der Waals surface area contributed by atoms with Crippen LogP contribution >= 0.6 is 0 Å². The van der Waals surface area contributed by atoms with Crippen LogP contribution in [0.3, 0.4) is 0 Å². The van der Waals surface area contributed by atoms with Crippen molar-refractivity contribution in [1.82, 2.24) is 4.90 Å². The molecule has 0 radical (unpaired) electrons. The van der Waals surface area contributed by atoms with E-state index in [4.69, 9.17) is 9.47 Å². The van der Waals surface area contributed by atoms with E-state index >= 15 is 0 Å². The predicted molar refractivity (Wildman–Crippen MR) is 56.1 cm³/mol. The highest BCUT2D eigenvalue weighted by molar-refractivity contribution is 5.82. The van der Waals surface area contributed by atoms with E-state index in [1.54, 1.807) is 11.8 Å². The molecule has 1 amide bonds. The summed E-state index contributed by atoms with van der Waals surface area (Å²) in [6.07, 6.45) is 1.71. The van der Waals surface area contributed by atoms with Crippen molar-refractivity contribution in [2.45, 2.75) is 31.8 Å². The summed E-state index contributed by atoms with van der Waals surface area (Å²) in [4.78, 5) is 24.3. The maximum Gasteiger partial charge on any atom is 0.409 e. The second-order valence-electron chi connectivity index (χ2n) is 4.37. The fraction of sp³-hybridized carbons (Fsp3) is 0.818.